The van der Waals surface area contributed by atoms with Crippen molar-refractivity contribution in [2.45, 2.75) is 26.0 Å². The van der Waals surface area contributed by atoms with Crippen LogP contribution in [0.2, 0.25) is 0 Å². The molecule has 5 aromatic rings. The predicted octanol–water partition coefficient (Wildman–Crippen LogP) is 6.24. The van der Waals surface area contributed by atoms with Crippen LogP contribution < -0.4 is 19.6 Å². The normalized spacial score (nSPS) is 14.4. The van der Waals surface area contributed by atoms with Gasteiger partial charge in [-0.1, -0.05) is 114 Å². The highest BCUT2D eigenvalue weighted by Crippen LogP contribution is 2.35. The number of nitrogens with zero attached hydrogens (tertiary/aromatic N) is 2. The molecule has 224 valence electrons. The molecule has 0 unspecified atom stereocenters. The van der Waals surface area contributed by atoms with Gasteiger partial charge < -0.3 is 9.47 Å². The van der Waals surface area contributed by atoms with Gasteiger partial charge in [-0.2, -0.15) is 0 Å². The lowest BCUT2D eigenvalue weighted by atomic mass is 9.93. The van der Waals surface area contributed by atoms with E-state index in [1.54, 1.807) is 11.5 Å². The summed E-state index contributed by atoms with van der Waals surface area (Å²) < 4.78 is 13.8. The largest absolute Gasteiger partial charge is 0.489 e. The van der Waals surface area contributed by atoms with E-state index in [0.29, 0.717) is 33.6 Å². The minimum Gasteiger partial charge on any atom is -0.489 e. The van der Waals surface area contributed by atoms with Crippen LogP contribution >= 0.6 is 11.3 Å². The molecule has 45 heavy (non-hydrogen) atoms. The number of rotatable bonds is 10. The molecule has 0 radical (unpaired) electrons. The van der Waals surface area contributed by atoms with Crippen LogP contribution in [0, 0.1) is 0 Å². The maximum Gasteiger partial charge on any atom is 0.338 e. The van der Waals surface area contributed by atoms with E-state index in [4.69, 9.17) is 14.5 Å². The zero-order valence-electron chi connectivity index (χ0n) is 24.9. The number of esters is 1. The minimum absolute atomic E-state index is 0.203. The van der Waals surface area contributed by atoms with Gasteiger partial charge in [0.15, 0.2) is 4.80 Å². The molecule has 0 amide bonds. The Balaban J connectivity index is 1.48. The predicted molar refractivity (Wildman–Crippen MR) is 179 cm³/mol. The number of fused-ring (bicyclic) bond motifs is 1. The molecule has 4 aromatic carbocycles. The number of carbonyl (C=O) groups excluding carboxylic acids is 1. The molecule has 2 heterocycles. The van der Waals surface area contributed by atoms with Gasteiger partial charge in [0.25, 0.3) is 5.56 Å². The Morgan fingerprint density at radius 2 is 1.64 bits per heavy atom. The van der Waals surface area contributed by atoms with Crippen molar-refractivity contribution in [2.24, 2.45) is 4.99 Å². The Labute approximate surface area is 265 Å². The van der Waals surface area contributed by atoms with E-state index in [1.807, 2.05) is 121 Å². The molecule has 0 saturated carbocycles. The van der Waals surface area contributed by atoms with E-state index >= 15 is 0 Å². The fraction of sp³-hybridized carbons (Fsp3) is 0.132. The standard InChI is InChI=1S/C38H32N2O4S/c1-3-14-30-23-27(21-22-31(30)44-25-26-15-8-5-9-16-26)24-32-36(41)40-35(29-19-12-7-13-20-29)33(37(42)43-4-2)34(39-38(40)45-32)28-17-10-6-11-18-28/h3,5-13,15-24,35H,1,4,14,25H2,2H3/b32-24+/t35-/m0/s1. The van der Waals surface area contributed by atoms with Crippen molar-refractivity contribution in [3.8, 4) is 5.75 Å². The molecular weight excluding hydrogens is 580 g/mol. The second-order valence-corrected chi connectivity index (χ2v) is 11.5. The molecule has 0 fully saturated rings. The Bertz CT molecular complexity index is 2050. The van der Waals surface area contributed by atoms with Gasteiger partial charge >= 0.3 is 5.97 Å². The topological polar surface area (TPSA) is 69.9 Å². The third-order valence-corrected chi connectivity index (χ3v) is 8.46. The van der Waals surface area contributed by atoms with Gasteiger partial charge in [-0.15, -0.1) is 6.58 Å². The molecule has 0 N–H and O–H groups in total. The molecule has 0 bridgehead atoms. The number of aromatic nitrogens is 1. The summed E-state index contributed by atoms with van der Waals surface area (Å²) in [5, 5.41) is 0. The molecular formula is C38H32N2O4S. The second-order valence-electron chi connectivity index (χ2n) is 10.5. The lowest BCUT2D eigenvalue weighted by Gasteiger charge is -2.25. The van der Waals surface area contributed by atoms with E-state index in [9.17, 15) is 9.59 Å². The molecule has 1 atom stereocenters. The highest BCUT2D eigenvalue weighted by molar-refractivity contribution is 7.07. The van der Waals surface area contributed by atoms with Crippen LogP contribution in [0.5, 0.6) is 5.75 Å². The minimum atomic E-state index is -0.705. The molecule has 0 saturated heterocycles. The monoisotopic (exact) mass is 612 g/mol. The first-order valence-electron chi connectivity index (χ1n) is 14.8. The van der Waals surface area contributed by atoms with Crippen molar-refractivity contribution in [3.63, 3.8) is 0 Å². The summed E-state index contributed by atoms with van der Waals surface area (Å²) in [7, 11) is 0. The van der Waals surface area contributed by atoms with Crippen molar-refractivity contribution in [1.29, 1.82) is 0 Å². The average molecular weight is 613 g/mol. The number of allylic oxidation sites excluding steroid dienone is 1. The Morgan fingerprint density at radius 3 is 2.33 bits per heavy atom. The van der Waals surface area contributed by atoms with Crippen LogP contribution in [0.25, 0.3) is 11.8 Å². The molecule has 0 spiro atoms. The highest BCUT2D eigenvalue weighted by Gasteiger charge is 2.35. The van der Waals surface area contributed by atoms with Crippen LogP contribution in [0.3, 0.4) is 0 Å². The molecule has 7 heteroatoms. The lowest BCUT2D eigenvalue weighted by Crippen LogP contribution is -2.39. The van der Waals surface area contributed by atoms with Crippen molar-refractivity contribution in [1.82, 2.24) is 4.57 Å². The maximum absolute atomic E-state index is 14.2. The quantitative estimate of drug-likeness (QED) is 0.138. The third kappa shape index (κ3) is 6.35. The summed E-state index contributed by atoms with van der Waals surface area (Å²) in [4.78, 5) is 33.2. The first kappa shape index (κ1) is 29.8. The van der Waals surface area contributed by atoms with Crippen LogP contribution in [-0.4, -0.2) is 17.1 Å². The summed E-state index contributed by atoms with van der Waals surface area (Å²) in [6, 6.07) is 34.3. The van der Waals surface area contributed by atoms with Gasteiger partial charge in [0.05, 0.1) is 28.5 Å². The fourth-order valence-corrected chi connectivity index (χ4v) is 6.42. The first-order valence-corrected chi connectivity index (χ1v) is 15.6. The number of ether oxygens (including phenoxy) is 2. The van der Waals surface area contributed by atoms with Crippen LogP contribution in [0.1, 0.15) is 40.8 Å². The number of carbonyl (C=O) groups is 1. The Morgan fingerprint density at radius 1 is 0.956 bits per heavy atom. The first-order chi connectivity index (χ1) is 22.1. The van der Waals surface area contributed by atoms with Crippen LogP contribution in [0.15, 0.2) is 137 Å². The lowest BCUT2D eigenvalue weighted by molar-refractivity contribution is -0.138. The average Bonchev–Trinajstić information content (AvgIpc) is 3.39. The zero-order valence-corrected chi connectivity index (χ0v) is 25.7. The third-order valence-electron chi connectivity index (χ3n) is 7.47. The molecule has 0 aliphatic carbocycles. The summed E-state index contributed by atoms with van der Waals surface area (Å²) in [6.45, 7) is 6.34. The van der Waals surface area contributed by atoms with Crippen molar-refractivity contribution in [3.05, 3.63) is 175 Å². The molecule has 1 aliphatic rings. The van der Waals surface area contributed by atoms with E-state index < -0.39 is 12.0 Å². The van der Waals surface area contributed by atoms with Crippen LogP contribution in [-0.2, 0) is 22.6 Å². The zero-order chi connectivity index (χ0) is 31.2. The van der Waals surface area contributed by atoms with Gasteiger partial charge in [-0.05, 0) is 53.8 Å². The highest BCUT2D eigenvalue weighted by atomic mass is 32.1. The van der Waals surface area contributed by atoms with E-state index in [0.717, 1.165) is 33.6 Å². The van der Waals surface area contributed by atoms with Crippen molar-refractivity contribution >= 4 is 29.1 Å². The molecule has 6 rings (SSSR count). The number of benzene rings is 4. The number of hydrogen-bond donors (Lipinski definition) is 0. The van der Waals surface area contributed by atoms with Crippen molar-refractivity contribution in [2.75, 3.05) is 6.61 Å². The summed E-state index contributed by atoms with van der Waals surface area (Å²) in [6.07, 6.45) is 4.32. The maximum atomic E-state index is 14.2. The van der Waals surface area contributed by atoms with E-state index in [1.165, 1.54) is 11.3 Å². The van der Waals surface area contributed by atoms with Gasteiger partial charge in [-0.25, -0.2) is 9.79 Å². The molecule has 1 aliphatic heterocycles. The number of thiazole rings is 1. The second kappa shape index (κ2) is 13.6. The summed E-state index contributed by atoms with van der Waals surface area (Å²) in [5.41, 5.74) is 5.09. The van der Waals surface area contributed by atoms with Gasteiger partial charge in [0, 0.05) is 5.56 Å². The Kier molecular flexibility index (Phi) is 8.99. The smallest absolute Gasteiger partial charge is 0.338 e. The van der Waals surface area contributed by atoms with Gasteiger partial charge in [0.1, 0.15) is 12.4 Å². The SMILES string of the molecule is C=CCc1cc(/C=c2/sc3n(c2=O)[C@@H](c2ccccc2)C(C(=O)OCC)=C(c2ccccc2)N=3)ccc1OCc1ccccc1. The van der Waals surface area contributed by atoms with E-state index in [2.05, 4.69) is 6.58 Å². The van der Waals surface area contributed by atoms with Gasteiger partial charge in [-0.3, -0.25) is 9.36 Å². The fourth-order valence-electron chi connectivity index (χ4n) is 5.42. The molecule has 1 aromatic heterocycles. The summed E-state index contributed by atoms with van der Waals surface area (Å²) in [5.74, 6) is 0.274. The van der Waals surface area contributed by atoms with Crippen molar-refractivity contribution < 1.29 is 14.3 Å². The number of hydrogen-bond acceptors (Lipinski definition) is 6. The Hall–Kier alpha value is -5.27. The molecule has 6 nitrogen and oxygen atoms in total. The van der Waals surface area contributed by atoms with E-state index in [-0.39, 0.29) is 12.2 Å². The van der Waals surface area contributed by atoms with Crippen LogP contribution in [0.4, 0.5) is 0 Å². The van der Waals surface area contributed by atoms with Gasteiger partial charge in [0.2, 0.25) is 0 Å². The summed E-state index contributed by atoms with van der Waals surface area (Å²) >= 11 is 1.30.